The Balaban J connectivity index is 1.26. The first kappa shape index (κ1) is 26.7. The summed E-state index contributed by atoms with van der Waals surface area (Å²) in [4.78, 5) is 4.70. The molecule has 0 atom stereocenters. The fraction of sp³-hybridized carbons (Fsp3) is 0.0233. The molecule has 8 rings (SSSR count). The molecule has 2 heteroatoms. The van der Waals surface area contributed by atoms with E-state index >= 15 is 0 Å². The molecule has 45 heavy (non-hydrogen) atoms. The summed E-state index contributed by atoms with van der Waals surface area (Å²) in [6, 6.07) is 63.5. The van der Waals surface area contributed by atoms with Crippen LogP contribution in [-0.2, 0) is 0 Å². The lowest BCUT2D eigenvalue weighted by molar-refractivity contribution is 1.26. The maximum atomic E-state index is 2.36. The van der Waals surface area contributed by atoms with Crippen molar-refractivity contribution in [1.29, 1.82) is 0 Å². The third-order valence-corrected chi connectivity index (χ3v) is 8.63. The van der Waals surface area contributed by atoms with Crippen molar-refractivity contribution in [3.63, 3.8) is 0 Å². The smallest absolute Gasteiger partial charge is 0.0468 e. The third kappa shape index (κ3) is 5.17. The number of benzene rings is 8. The van der Waals surface area contributed by atoms with Gasteiger partial charge >= 0.3 is 0 Å². The van der Waals surface area contributed by atoms with Crippen LogP contribution in [0, 0.1) is 6.92 Å². The summed E-state index contributed by atoms with van der Waals surface area (Å²) in [5, 5.41) is 7.38. The van der Waals surface area contributed by atoms with Crippen LogP contribution in [-0.4, -0.2) is 0 Å². The fourth-order valence-corrected chi connectivity index (χ4v) is 6.29. The highest BCUT2D eigenvalue weighted by Gasteiger charge is 2.17. The van der Waals surface area contributed by atoms with E-state index in [0.717, 1.165) is 34.1 Å². The van der Waals surface area contributed by atoms with Crippen LogP contribution < -0.4 is 9.80 Å². The Morgan fingerprint density at radius 2 is 0.533 bits per heavy atom. The molecule has 0 heterocycles. The predicted octanol–water partition coefficient (Wildman–Crippen LogP) is 12.4. The van der Waals surface area contributed by atoms with Crippen molar-refractivity contribution >= 4 is 66.4 Å². The first-order chi connectivity index (χ1) is 22.2. The molecule has 0 amide bonds. The van der Waals surface area contributed by atoms with Crippen molar-refractivity contribution in [2.75, 3.05) is 9.80 Å². The lowest BCUT2D eigenvalue weighted by Gasteiger charge is -2.29. The molecule has 0 aliphatic rings. The quantitative estimate of drug-likeness (QED) is 0.194. The van der Waals surface area contributed by atoms with Crippen molar-refractivity contribution in [2.24, 2.45) is 0 Å². The van der Waals surface area contributed by atoms with Gasteiger partial charge in [-0.25, -0.2) is 0 Å². The van der Waals surface area contributed by atoms with Crippen LogP contribution in [0.4, 0.5) is 34.1 Å². The van der Waals surface area contributed by atoms with Gasteiger partial charge in [-0.05, 0) is 112 Å². The molecule has 0 N–H and O–H groups in total. The number of rotatable bonds is 6. The molecule has 0 fully saturated rings. The molecule has 0 aliphatic carbocycles. The van der Waals surface area contributed by atoms with E-state index < -0.39 is 0 Å². The highest BCUT2D eigenvalue weighted by Crippen LogP contribution is 2.41. The molecular formula is C43H32N2. The van der Waals surface area contributed by atoms with Gasteiger partial charge in [-0.15, -0.1) is 0 Å². The zero-order chi connectivity index (χ0) is 30.2. The van der Waals surface area contributed by atoms with E-state index in [9.17, 15) is 0 Å². The molecule has 0 unspecified atom stereocenters. The average molecular weight is 577 g/mol. The second-order valence-corrected chi connectivity index (χ2v) is 11.6. The summed E-state index contributed by atoms with van der Waals surface area (Å²) >= 11 is 0. The Morgan fingerprint density at radius 1 is 0.267 bits per heavy atom. The van der Waals surface area contributed by atoms with Gasteiger partial charge in [-0.2, -0.15) is 0 Å². The summed E-state index contributed by atoms with van der Waals surface area (Å²) in [5.74, 6) is 0. The third-order valence-electron chi connectivity index (χ3n) is 8.63. The van der Waals surface area contributed by atoms with Crippen molar-refractivity contribution in [3.8, 4) is 0 Å². The van der Waals surface area contributed by atoms with E-state index in [1.165, 1.54) is 37.9 Å². The minimum absolute atomic E-state index is 1.10. The highest BCUT2D eigenvalue weighted by atomic mass is 15.2. The minimum Gasteiger partial charge on any atom is -0.310 e. The van der Waals surface area contributed by atoms with Crippen LogP contribution in [0.5, 0.6) is 0 Å². The molecule has 8 aromatic carbocycles. The Kier molecular flexibility index (Phi) is 6.73. The Morgan fingerprint density at radius 3 is 0.889 bits per heavy atom. The van der Waals surface area contributed by atoms with Crippen LogP contribution in [0.3, 0.4) is 0 Å². The van der Waals surface area contributed by atoms with E-state index in [4.69, 9.17) is 0 Å². The number of hydrogen-bond donors (Lipinski definition) is 0. The zero-order valence-electron chi connectivity index (χ0n) is 25.1. The van der Waals surface area contributed by atoms with Gasteiger partial charge in [-0.1, -0.05) is 109 Å². The Bertz CT molecular complexity index is 2200. The number of anilines is 6. The van der Waals surface area contributed by atoms with Crippen LogP contribution in [0.15, 0.2) is 176 Å². The summed E-state index contributed by atoms with van der Waals surface area (Å²) < 4.78 is 0. The molecule has 214 valence electrons. The van der Waals surface area contributed by atoms with Crippen molar-refractivity contribution in [2.45, 2.75) is 6.92 Å². The monoisotopic (exact) mass is 576 g/mol. The van der Waals surface area contributed by atoms with Gasteiger partial charge in [-0.3, -0.25) is 0 Å². The highest BCUT2D eigenvalue weighted by molar-refractivity contribution is 5.93. The van der Waals surface area contributed by atoms with Gasteiger partial charge < -0.3 is 9.80 Å². The van der Waals surface area contributed by atoms with E-state index in [2.05, 4.69) is 193 Å². The number of nitrogens with zero attached hydrogens (tertiary/aromatic N) is 2. The van der Waals surface area contributed by atoms with E-state index in [1.807, 2.05) is 0 Å². The van der Waals surface area contributed by atoms with Gasteiger partial charge in [0.2, 0.25) is 0 Å². The van der Waals surface area contributed by atoms with Crippen LogP contribution in [0.2, 0.25) is 0 Å². The normalized spacial score (nSPS) is 11.2. The van der Waals surface area contributed by atoms with Crippen LogP contribution in [0.1, 0.15) is 5.56 Å². The summed E-state index contributed by atoms with van der Waals surface area (Å²) in [7, 11) is 0. The molecule has 0 saturated heterocycles. The van der Waals surface area contributed by atoms with Gasteiger partial charge in [0.1, 0.15) is 0 Å². The van der Waals surface area contributed by atoms with Crippen molar-refractivity contribution in [1.82, 2.24) is 0 Å². The molecule has 0 saturated carbocycles. The topological polar surface area (TPSA) is 6.48 Å². The summed E-state index contributed by atoms with van der Waals surface area (Å²) in [6.07, 6.45) is 0. The van der Waals surface area contributed by atoms with Crippen molar-refractivity contribution in [3.05, 3.63) is 181 Å². The van der Waals surface area contributed by atoms with Gasteiger partial charge in [0, 0.05) is 34.1 Å². The Labute approximate surface area is 264 Å². The zero-order valence-corrected chi connectivity index (χ0v) is 25.1. The predicted molar refractivity (Wildman–Crippen MR) is 193 cm³/mol. The maximum absolute atomic E-state index is 2.36. The first-order valence-corrected chi connectivity index (χ1v) is 15.4. The lowest BCUT2D eigenvalue weighted by atomic mass is 10.1. The minimum atomic E-state index is 1.10. The standard InChI is InChI=1S/C43H32N2/c1-31-14-19-38(20-15-31)44(41-21-16-32-8-2-5-11-35(32)28-41)39-24-26-40(27-25-39)45(42-22-17-33-9-3-6-12-36(33)29-42)43-23-18-34-10-4-7-13-37(34)30-43/h2-30H,1H3. The molecule has 0 aromatic heterocycles. The van der Waals surface area contributed by atoms with Crippen LogP contribution in [0.25, 0.3) is 32.3 Å². The largest absolute Gasteiger partial charge is 0.310 e. The SMILES string of the molecule is Cc1ccc(N(c2ccc(N(c3ccc4ccccc4c3)c3ccc4ccccc4c3)cc2)c2ccc3ccccc3c2)cc1. The maximum Gasteiger partial charge on any atom is 0.0468 e. The lowest BCUT2D eigenvalue weighted by Crippen LogP contribution is -2.12. The van der Waals surface area contributed by atoms with Crippen LogP contribution >= 0.6 is 0 Å². The molecule has 2 nitrogen and oxygen atoms in total. The van der Waals surface area contributed by atoms with Gasteiger partial charge in [0.05, 0.1) is 0 Å². The first-order valence-electron chi connectivity index (χ1n) is 15.4. The molecule has 8 aromatic rings. The molecule has 0 radical (unpaired) electrons. The fourth-order valence-electron chi connectivity index (χ4n) is 6.29. The second kappa shape index (κ2) is 11.3. The van der Waals surface area contributed by atoms with E-state index in [1.54, 1.807) is 0 Å². The summed E-state index contributed by atoms with van der Waals surface area (Å²) in [6.45, 7) is 2.13. The number of hydrogen-bond acceptors (Lipinski definition) is 2. The molecule has 0 aliphatic heterocycles. The van der Waals surface area contributed by atoms with Gasteiger partial charge in [0.15, 0.2) is 0 Å². The molecule has 0 spiro atoms. The summed E-state index contributed by atoms with van der Waals surface area (Å²) in [5.41, 5.74) is 7.97. The molecule has 0 bridgehead atoms. The molecular weight excluding hydrogens is 544 g/mol. The number of aryl methyl sites for hydroxylation is 1. The van der Waals surface area contributed by atoms with Gasteiger partial charge in [0.25, 0.3) is 0 Å². The average Bonchev–Trinajstić information content (AvgIpc) is 3.10. The number of fused-ring (bicyclic) bond motifs is 3. The second-order valence-electron chi connectivity index (χ2n) is 11.6. The Hall–Kier alpha value is -5.86. The van der Waals surface area contributed by atoms with E-state index in [-0.39, 0.29) is 0 Å². The van der Waals surface area contributed by atoms with Crippen molar-refractivity contribution < 1.29 is 0 Å². The van der Waals surface area contributed by atoms with E-state index in [0.29, 0.717) is 0 Å².